The van der Waals surface area contributed by atoms with E-state index in [4.69, 9.17) is 4.74 Å². The predicted octanol–water partition coefficient (Wildman–Crippen LogP) is 6.42. The molecule has 1 saturated heterocycles. The molecule has 5 rings (SSSR count). The number of carbonyl (C=O) groups excluding carboxylic acids is 1. The summed E-state index contributed by atoms with van der Waals surface area (Å²) in [6.45, 7) is 13.6. The van der Waals surface area contributed by atoms with Gasteiger partial charge in [-0.05, 0) is 112 Å². The molecule has 0 bridgehead atoms. The van der Waals surface area contributed by atoms with E-state index >= 15 is 0 Å². The van der Waals surface area contributed by atoms with Crippen molar-refractivity contribution >= 4 is 6.29 Å². The third kappa shape index (κ3) is 2.17. The Labute approximate surface area is 172 Å². The van der Waals surface area contributed by atoms with Gasteiger partial charge in [0.05, 0.1) is 5.60 Å². The summed E-state index contributed by atoms with van der Waals surface area (Å²) in [6, 6.07) is 0. The second-order valence-corrected chi connectivity index (χ2v) is 12.7. The zero-order chi connectivity index (χ0) is 20.0. The van der Waals surface area contributed by atoms with Crippen LogP contribution in [0.1, 0.15) is 98.8 Å². The molecule has 28 heavy (non-hydrogen) atoms. The van der Waals surface area contributed by atoms with Crippen LogP contribution in [0.2, 0.25) is 0 Å². The van der Waals surface area contributed by atoms with E-state index in [0.717, 1.165) is 24.9 Å². The highest BCUT2D eigenvalue weighted by Crippen LogP contribution is 2.75. The van der Waals surface area contributed by atoms with Crippen molar-refractivity contribution < 1.29 is 9.53 Å². The Kier molecular flexibility index (Phi) is 4.10. The molecule has 2 nitrogen and oxygen atoms in total. The topological polar surface area (TPSA) is 26.3 Å². The van der Waals surface area contributed by atoms with Crippen molar-refractivity contribution in [1.29, 1.82) is 0 Å². The molecular weight excluding hydrogens is 344 g/mol. The molecule has 0 aromatic carbocycles. The number of ether oxygens (including phenoxy) is 1. The summed E-state index contributed by atoms with van der Waals surface area (Å²) in [5.41, 5.74) is 1.31. The highest BCUT2D eigenvalue weighted by atomic mass is 16.5. The van der Waals surface area contributed by atoms with E-state index in [1.165, 1.54) is 64.1 Å². The van der Waals surface area contributed by atoms with Crippen LogP contribution in [0.5, 0.6) is 0 Å². The van der Waals surface area contributed by atoms with Crippen molar-refractivity contribution in [3.63, 3.8) is 0 Å². The van der Waals surface area contributed by atoms with Crippen LogP contribution in [0, 0.1) is 45.3 Å². The summed E-state index contributed by atoms with van der Waals surface area (Å²) >= 11 is 0. The molecule has 4 saturated carbocycles. The summed E-state index contributed by atoms with van der Waals surface area (Å²) in [5.74, 6) is 2.94. The van der Waals surface area contributed by atoms with Crippen molar-refractivity contribution in [1.82, 2.24) is 0 Å². The van der Waals surface area contributed by atoms with Crippen LogP contribution in [-0.2, 0) is 9.53 Å². The van der Waals surface area contributed by atoms with Crippen molar-refractivity contribution in [2.45, 2.75) is 104 Å². The third-order valence-electron chi connectivity index (χ3n) is 11.9. The molecule has 5 fully saturated rings. The number of hydrogen-bond acceptors (Lipinski definition) is 2. The van der Waals surface area contributed by atoms with Gasteiger partial charge in [-0.25, -0.2) is 0 Å². The number of rotatable bonds is 1. The normalized spacial score (nSPS) is 57.5. The first-order valence-corrected chi connectivity index (χ1v) is 12.2. The van der Waals surface area contributed by atoms with Gasteiger partial charge in [-0.1, -0.05) is 27.2 Å². The highest BCUT2D eigenvalue weighted by Gasteiger charge is 2.69. The second-order valence-electron chi connectivity index (χ2n) is 12.7. The molecular formula is C26H42O2. The minimum Gasteiger partial charge on any atom is -0.375 e. The van der Waals surface area contributed by atoms with Crippen molar-refractivity contribution in [3.8, 4) is 0 Å². The maximum Gasteiger partial charge on any atom is 0.126 e. The van der Waals surface area contributed by atoms with Gasteiger partial charge in [0, 0.05) is 12.0 Å². The van der Waals surface area contributed by atoms with Gasteiger partial charge in [0.25, 0.3) is 0 Å². The Bertz CT molecular complexity index is 669. The SMILES string of the molecule is CC1(C)OCCC2(C)C1CC[C@]1(C)C2CCC2[C@H]3CCC[C@]3(C=O)CC[C@]21C. The van der Waals surface area contributed by atoms with Gasteiger partial charge in [-0.15, -0.1) is 0 Å². The van der Waals surface area contributed by atoms with Crippen LogP contribution in [0.3, 0.4) is 0 Å². The van der Waals surface area contributed by atoms with Crippen LogP contribution in [-0.4, -0.2) is 18.5 Å². The zero-order valence-electron chi connectivity index (χ0n) is 19.0. The first-order chi connectivity index (χ1) is 13.1. The fourth-order valence-corrected chi connectivity index (χ4v) is 10.3. The van der Waals surface area contributed by atoms with Crippen molar-refractivity contribution in [2.75, 3.05) is 6.61 Å². The predicted molar refractivity (Wildman–Crippen MR) is 113 cm³/mol. The van der Waals surface area contributed by atoms with Crippen LogP contribution in [0.15, 0.2) is 0 Å². The average Bonchev–Trinajstić information content (AvgIpc) is 3.06. The Hall–Kier alpha value is -0.370. The minimum absolute atomic E-state index is 0.0246. The lowest BCUT2D eigenvalue weighted by Gasteiger charge is -2.72. The van der Waals surface area contributed by atoms with Crippen LogP contribution in [0.4, 0.5) is 0 Å². The van der Waals surface area contributed by atoms with E-state index in [1.54, 1.807) is 0 Å². The van der Waals surface area contributed by atoms with E-state index in [0.29, 0.717) is 28.1 Å². The summed E-state index contributed by atoms with van der Waals surface area (Å²) in [6.07, 6.45) is 14.3. The van der Waals surface area contributed by atoms with Gasteiger partial charge in [0.1, 0.15) is 6.29 Å². The van der Waals surface area contributed by atoms with Crippen molar-refractivity contribution in [2.24, 2.45) is 45.3 Å². The molecule has 5 aliphatic rings. The molecule has 2 heteroatoms. The Balaban J connectivity index is 1.54. The van der Waals surface area contributed by atoms with E-state index in [9.17, 15) is 4.79 Å². The highest BCUT2D eigenvalue weighted by molar-refractivity contribution is 5.61. The van der Waals surface area contributed by atoms with Crippen LogP contribution >= 0.6 is 0 Å². The lowest BCUT2D eigenvalue weighted by molar-refractivity contribution is -0.260. The molecule has 4 unspecified atom stereocenters. The molecule has 158 valence electrons. The smallest absolute Gasteiger partial charge is 0.126 e. The molecule has 0 amide bonds. The molecule has 0 N–H and O–H groups in total. The molecule has 0 aromatic rings. The molecule has 1 heterocycles. The Morgan fingerprint density at radius 1 is 0.750 bits per heavy atom. The fourth-order valence-electron chi connectivity index (χ4n) is 10.3. The van der Waals surface area contributed by atoms with E-state index in [2.05, 4.69) is 34.6 Å². The number of hydrogen-bond donors (Lipinski definition) is 0. The van der Waals surface area contributed by atoms with Gasteiger partial charge in [-0.3, -0.25) is 0 Å². The molecule has 1 aliphatic heterocycles. The maximum atomic E-state index is 12.2. The van der Waals surface area contributed by atoms with Crippen molar-refractivity contribution in [3.05, 3.63) is 0 Å². The minimum atomic E-state index is 0.0246. The van der Waals surface area contributed by atoms with Gasteiger partial charge in [0.2, 0.25) is 0 Å². The molecule has 4 aliphatic carbocycles. The van der Waals surface area contributed by atoms with Crippen LogP contribution < -0.4 is 0 Å². The number of carbonyl (C=O) groups is 1. The summed E-state index contributed by atoms with van der Waals surface area (Å²) in [4.78, 5) is 12.2. The maximum absolute atomic E-state index is 12.2. The van der Waals surface area contributed by atoms with E-state index in [-0.39, 0.29) is 11.0 Å². The average molecular weight is 387 g/mol. The molecule has 0 aromatic heterocycles. The van der Waals surface area contributed by atoms with Gasteiger partial charge < -0.3 is 9.53 Å². The van der Waals surface area contributed by atoms with Crippen LogP contribution in [0.25, 0.3) is 0 Å². The van der Waals surface area contributed by atoms with E-state index < -0.39 is 0 Å². The fraction of sp³-hybridized carbons (Fsp3) is 0.962. The molecule has 8 atom stereocenters. The van der Waals surface area contributed by atoms with E-state index in [1.807, 2.05) is 0 Å². The summed E-state index contributed by atoms with van der Waals surface area (Å²) in [7, 11) is 0. The summed E-state index contributed by atoms with van der Waals surface area (Å²) in [5, 5.41) is 0. The zero-order valence-corrected chi connectivity index (χ0v) is 19.0. The quantitative estimate of drug-likeness (QED) is 0.486. The monoisotopic (exact) mass is 386 g/mol. The number of fused-ring (bicyclic) bond motifs is 7. The van der Waals surface area contributed by atoms with Gasteiger partial charge >= 0.3 is 0 Å². The third-order valence-corrected chi connectivity index (χ3v) is 11.9. The Morgan fingerprint density at radius 3 is 2.29 bits per heavy atom. The largest absolute Gasteiger partial charge is 0.375 e. The number of aldehydes is 1. The standard InChI is InChI=1S/C26H42O2/c1-22(2)20-10-12-25(5)21(23(20,3)15-16-28-22)9-8-18-19-7-6-11-26(19,17-27)14-13-24(18,25)4/h17-21H,6-16H2,1-5H3/t18?,19-,20?,21?,23?,24-,25-,26-/m1/s1. The Morgan fingerprint density at radius 2 is 1.54 bits per heavy atom. The lowest BCUT2D eigenvalue weighted by Crippen LogP contribution is -2.66. The van der Waals surface area contributed by atoms with Gasteiger partial charge in [-0.2, -0.15) is 0 Å². The summed E-state index contributed by atoms with van der Waals surface area (Å²) < 4.78 is 6.29. The van der Waals surface area contributed by atoms with Gasteiger partial charge in [0.15, 0.2) is 0 Å². The molecule has 0 spiro atoms. The lowest BCUT2D eigenvalue weighted by atomic mass is 9.34. The first kappa shape index (κ1) is 19.6. The first-order valence-electron chi connectivity index (χ1n) is 12.2. The second kappa shape index (κ2) is 5.86. The molecule has 0 radical (unpaired) electrons.